The zero-order chi connectivity index (χ0) is 13.4. The van der Waals surface area contributed by atoms with Gasteiger partial charge < -0.3 is 4.42 Å². The second kappa shape index (κ2) is 4.35. The average molecular weight is 251 g/mol. The topological polar surface area (TPSA) is 43.1 Å². The summed E-state index contributed by atoms with van der Waals surface area (Å²) in [4.78, 5) is 16.4. The minimum atomic E-state index is -0.110. The number of fused-ring (bicyclic) bond motifs is 1. The predicted molar refractivity (Wildman–Crippen MR) is 73.4 cm³/mol. The number of hydrogen-bond acceptors (Lipinski definition) is 3. The maximum atomic E-state index is 12.4. The number of carbonyl (C=O) groups is 1. The number of rotatable bonds is 2. The van der Waals surface area contributed by atoms with Gasteiger partial charge in [-0.1, -0.05) is 18.2 Å². The lowest BCUT2D eigenvalue weighted by molar-refractivity contribution is 0.101. The first kappa shape index (κ1) is 11.7. The number of nitrogens with zero attached hydrogens (tertiary/aromatic N) is 1. The van der Waals surface area contributed by atoms with Gasteiger partial charge in [0.1, 0.15) is 5.58 Å². The predicted octanol–water partition coefficient (Wildman–Crippen LogP) is 3.68. The Balaban J connectivity index is 2.09. The highest BCUT2D eigenvalue weighted by Gasteiger charge is 2.15. The smallest absolute Gasteiger partial charge is 0.228 e. The molecular weight excluding hydrogens is 238 g/mol. The molecule has 0 N–H and O–H groups in total. The molecule has 2 aromatic heterocycles. The Morgan fingerprint density at radius 2 is 2.00 bits per heavy atom. The standard InChI is InChI=1S/C16H13NO2/c1-10-4-3-5-13-9-14(19-16(10)13)15(18)12-6-7-17-11(2)8-12/h3-9H,1-2H3. The Kier molecular flexibility index (Phi) is 2.67. The van der Waals surface area contributed by atoms with Crippen molar-refractivity contribution < 1.29 is 9.21 Å². The van der Waals surface area contributed by atoms with Crippen LogP contribution in [0.4, 0.5) is 0 Å². The summed E-state index contributed by atoms with van der Waals surface area (Å²) < 4.78 is 5.68. The molecule has 0 aliphatic rings. The third kappa shape index (κ3) is 2.03. The summed E-state index contributed by atoms with van der Waals surface area (Å²) in [5.41, 5.74) is 3.22. The molecule has 0 saturated carbocycles. The Hall–Kier alpha value is -2.42. The summed E-state index contributed by atoms with van der Waals surface area (Å²) in [5.74, 6) is 0.260. The first-order valence-electron chi connectivity index (χ1n) is 6.11. The zero-order valence-corrected chi connectivity index (χ0v) is 10.8. The Labute approximate surface area is 110 Å². The summed E-state index contributed by atoms with van der Waals surface area (Å²) in [7, 11) is 0. The molecule has 3 rings (SSSR count). The van der Waals surface area contributed by atoms with Gasteiger partial charge in [0, 0.05) is 22.8 Å². The number of hydrogen-bond donors (Lipinski definition) is 0. The molecule has 0 aliphatic carbocycles. The number of furan rings is 1. The van der Waals surface area contributed by atoms with E-state index < -0.39 is 0 Å². The number of benzene rings is 1. The number of carbonyl (C=O) groups excluding carboxylic acids is 1. The summed E-state index contributed by atoms with van der Waals surface area (Å²) >= 11 is 0. The molecule has 2 heterocycles. The number of aromatic nitrogens is 1. The zero-order valence-electron chi connectivity index (χ0n) is 10.8. The van der Waals surface area contributed by atoms with Crippen LogP contribution in [0.1, 0.15) is 27.4 Å². The van der Waals surface area contributed by atoms with E-state index in [1.54, 1.807) is 24.4 Å². The van der Waals surface area contributed by atoms with E-state index in [0.717, 1.165) is 22.2 Å². The molecule has 0 atom stereocenters. The molecule has 0 unspecified atom stereocenters. The van der Waals surface area contributed by atoms with Crippen LogP contribution in [0.2, 0.25) is 0 Å². The molecule has 0 bridgehead atoms. The van der Waals surface area contributed by atoms with Crippen LogP contribution in [0.25, 0.3) is 11.0 Å². The Bertz CT molecular complexity index is 771. The molecule has 3 aromatic rings. The van der Waals surface area contributed by atoms with Crippen molar-refractivity contribution in [3.05, 3.63) is 65.2 Å². The van der Waals surface area contributed by atoms with Gasteiger partial charge in [0.05, 0.1) is 0 Å². The lowest BCUT2D eigenvalue weighted by Gasteiger charge is -1.98. The van der Waals surface area contributed by atoms with Gasteiger partial charge in [-0.2, -0.15) is 0 Å². The van der Waals surface area contributed by atoms with Gasteiger partial charge in [-0.3, -0.25) is 9.78 Å². The minimum Gasteiger partial charge on any atom is -0.452 e. The fraction of sp³-hybridized carbons (Fsp3) is 0.125. The van der Waals surface area contributed by atoms with Crippen LogP contribution in [-0.4, -0.2) is 10.8 Å². The maximum Gasteiger partial charge on any atom is 0.228 e. The lowest BCUT2D eigenvalue weighted by atomic mass is 10.1. The molecule has 0 fully saturated rings. The van der Waals surface area contributed by atoms with Crippen molar-refractivity contribution in [2.45, 2.75) is 13.8 Å². The number of pyridine rings is 1. The Morgan fingerprint density at radius 1 is 1.16 bits per heavy atom. The number of aryl methyl sites for hydroxylation is 2. The fourth-order valence-corrected chi connectivity index (χ4v) is 2.15. The molecular formula is C16H13NO2. The highest BCUT2D eigenvalue weighted by Crippen LogP contribution is 2.24. The van der Waals surface area contributed by atoms with Gasteiger partial charge in [-0.15, -0.1) is 0 Å². The third-order valence-electron chi connectivity index (χ3n) is 3.12. The van der Waals surface area contributed by atoms with Gasteiger partial charge in [-0.25, -0.2) is 0 Å². The molecule has 0 amide bonds. The van der Waals surface area contributed by atoms with E-state index in [0.29, 0.717) is 11.3 Å². The van der Waals surface area contributed by atoms with E-state index in [4.69, 9.17) is 4.42 Å². The summed E-state index contributed by atoms with van der Waals surface area (Å²) in [6.45, 7) is 3.83. The van der Waals surface area contributed by atoms with E-state index >= 15 is 0 Å². The van der Waals surface area contributed by atoms with E-state index in [9.17, 15) is 4.79 Å². The molecule has 0 spiro atoms. The van der Waals surface area contributed by atoms with Crippen molar-refractivity contribution in [2.75, 3.05) is 0 Å². The molecule has 0 aliphatic heterocycles. The quantitative estimate of drug-likeness (QED) is 0.652. The SMILES string of the molecule is Cc1cc(C(=O)c2cc3cccc(C)c3o2)ccn1. The van der Waals surface area contributed by atoms with Gasteiger partial charge in [-0.05, 0) is 37.6 Å². The Morgan fingerprint density at radius 3 is 2.74 bits per heavy atom. The molecule has 1 aromatic carbocycles. The van der Waals surface area contributed by atoms with Gasteiger partial charge in [0.15, 0.2) is 5.76 Å². The normalized spacial score (nSPS) is 10.8. The number of ketones is 1. The van der Waals surface area contributed by atoms with Crippen molar-refractivity contribution in [2.24, 2.45) is 0 Å². The largest absolute Gasteiger partial charge is 0.452 e. The fourth-order valence-electron chi connectivity index (χ4n) is 2.15. The monoisotopic (exact) mass is 251 g/mol. The highest BCUT2D eigenvalue weighted by atomic mass is 16.3. The van der Waals surface area contributed by atoms with Gasteiger partial charge in [0.25, 0.3) is 0 Å². The number of para-hydroxylation sites is 1. The van der Waals surface area contributed by atoms with Crippen LogP contribution < -0.4 is 0 Å². The maximum absolute atomic E-state index is 12.4. The molecule has 0 radical (unpaired) electrons. The van der Waals surface area contributed by atoms with Crippen molar-refractivity contribution in [3.63, 3.8) is 0 Å². The van der Waals surface area contributed by atoms with Crippen LogP contribution in [0.5, 0.6) is 0 Å². The van der Waals surface area contributed by atoms with Crippen molar-refractivity contribution in [3.8, 4) is 0 Å². The van der Waals surface area contributed by atoms with Crippen molar-refractivity contribution in [1.29, 1.82) is 0 Å². The molecule has 94 valence electrons. The van der Waals surface area contributed by atoms with E-state index in [2.05, 4.69) is 4.98 Å². The molecule has 3 heteroatoms. The lowest BCUT2D eigenvalue weighted by Crippen LogP contribution is -2.00. The van der Waals surface area contributed by atoms with Crippen LogP contribution in [0.3, 0.4) is 0 Å². The van der Waals surface area contributed by atoms with Gasteiger partial charge >= 0.3 is 0 Å². The average Bonchev–Trinajstić information content (AvgIpc) is 2.83. The molecule has 3 nitrogen and oxygen atoms in total. The highest BCUT2D eigenvalue weighted by molar-refractivity contribution is 6.09. The van der Waals surface area contributed by atoms with Crippen LogP contribution >= 0.6 is 0 Å². The van der Waals surface area contributed by atoms with E-state index in [1.807, 2.05) is 32.0 Å². The third-order valence-corrected chi connectivity index (χ3v) is 3.12. The van der Waals surface area contributed by atoms with E-state index in [-0.39, 0.29) is 5.78 Å². The van der Waals surface area contributed by atoms with Crippen molar-refractivity contribution >= 4 is 16.8 Å². The van der Waals surface area contributed by atoms with E-state index in [1.165, 1.54) is 0 Å². The first-order valence-corrected chi connectivity index (χ1v) is 6.11. The second-order valence-electron chi connectivity index (χ2n) is 4.62. The summed E-state index contributed by atoms with van der Waals surface area (Å²) in [5, 5.41) is 0.953. The second-order valence-corrected chi connectivity index (χ2v) is 4.62. The van der Waals surface area contributed by atoms with Crippen LogP contribution in [0.15, 0.2) is 47.0 Å². The molecule has 19 heavy (non-hydrogen) atoms. The molecule has 0 saturated heterocycles. The van der Waals surface area contributed by atoms with Crippen molar-refractivity contribution in [1.82, 2.24) is 4.98 Å². The van der Waals surface area contributed by atoms with Crippen LogP contribution in [-0.2, 0) is 0 Å². The van der Waals surface area contributed by atoms with Gasteiger partial charge in [0.2, 0.25) is 5.78 Å². The van der Waals surface area contributed by atoms with Crippen LogP contribution in [0, 0.1) is 13.8 Å². The summed E-state index contributed by atoms with van der Waals surface area (Å²) in [6, 6.07) is 11.1. The minimum absolute atomic E-state index is 0.110. The summed E-state index contributed by atoms with van der Waals surface area (Å²) in [6.07, 6.45) is 1.64. The first-order chi connectivity index (χ1) is 9.15.